The van der Waals surface area contributed by atoms with Gasteiger partial charge >= 0.3 is 0 Å². The molecule has 0 amide bonds. The van der Waals surface area contributed by atoms with Gasteiger partial charge in [0.15, 0.2) is 0 Å². The Labute approximate surface area is 59.0 Å². The van der Waals surface area contributed by atoms with Crippen LogP contribution in [-0.4, -0.2) is 4.98 Å². The number of hydrogen-bond acceptors (Lipinski definition) is 2. The third-order valence-corrected chi connectivity index (χ3v) is 1.20. The molecule has 0 bridgehead atoms. The quantitative estimate of drug-likeness (QED) is 0.607. The lowest BCUT2D eigenvalue weighted by atomic mass is 10.3. The second kappa shape index (κ2) is 2.69. The lowest BCUT2D eigenvalue weighted by Gasteiger charge is -1.94. The number of pyridine rings is 1. The normalized spacial score (nSPS) is 9.11. The molecule has 0 saturated heterocycles. The first-order valence-electron chi connectivity index (χ1n) is 2.62. The Morgan fingerprint density at radius 2 is 2.33 bits per heavy atom. The van der Waals surface area contributed by atoms with Gasteiger partial charge in [0.05, 0.1) is 0 Å². The highest BCUT2D eigenvalue weighted by molar-refractivity contribution is 6.23. The van der Waals surface area contributed by atoms with Crippen LogP contribution in [0.3, 0.4) is 0 Å². The minimum absolute atomic E-state index is 0.683. The number of aromatic nitrogens is 1. The maximum atomic E-state index is 5.27. The summed E-state index contributed by atoms with van der Waals surface area (Å²) in [6.07, 6.45) is 1.75. The molecular weight excluding hydrogens is 136 g/mol. The molecule has 1 rings (SSSR count). The van der Waals surface area contributed by atoms with E-state index < -0.39 is 0 Å². The van der Waals surface area contributed by atoms with E-state index in [0.29, 0.717) is 5.82 Å². The summed E-state index contributed by atoms with van der Waals surface area (Å²) in [4.78, 5) is 6.37. The highest BCUT2D eigenvalue weighted by atomic mass is 35.5. The average Bonchev–Trinajstić information content (AvgIpc) is 1.90. The van der Waals surface area contributed by atoms with Gasteiger partial charge in [0, 0.05) is 18.0 Å². The van der Waals surface area contributed by atoms with Gasteiger partial charge in [0.25, 0.3) is 0 Å². The van der Waals surface area contributed by atoms with E-state index in [-0.39, 0.29) is 0 Å². The van der Waals surface area contributed by atoms with Crippen LogP contribution < -0.4 is 4.84 Å². The molecule has 1 N–H and O–H groups in total. The van der Waals surface area contributed by atoms with E-state index in [0.717, 1.165) is 5.56 Å². The smallest absolute Gasteiger partial charge is 0.140 e. The molecule has 0 radical (unpaired) electrons. The molecule has 9 heavy (non-hydrogen) atoms. The molecular formula is C6H7ClN2. The predicted molar refractivity (Wildman–Crippen MR) is 38.4 cm³/mol. The lowest BCUT2D eigenvalue weighted by Crippen LogP contribution is -1.84. The van der Waals surface area contributed by atoms with Crippen molar-refractivity contribution < 1.29 is 0 Å². The van der Waals surface area contributed by atoms with Gasteiger partial charge in [-0.15, -0.1) is 0 Å². The van der Waals surface area contributed by atoms with E-state index in [1.165, 1.54) is 0 Å². The molecule has 1 heterocycles. The summed E-state index contributed by atoms with van der Waals surface area (Å²) in [6.45, 7) is 1.98. The van der Waals surface area contributed by atoms with Gasteiger partial charge in [-0.25, -0.2) is 4.98 Å². The van der Waals surface area contributed by atoms with Crippen molar-refractivity contribution in [3.05, 3.63) is 23.9 Å². The molecule has 2 nitrogen and oxygen atoms in total. The van der Waals surface area contributed by atoms with E-state index in [2.05, 4.69) is 9.82 Å². The van der Waals surface area contributed by atoms with Crippen molar-refractivity contribution in [2.45, 2.75) is 6.92 Å². The largest absolute Gasteiger partial charge is 0.283 e. The topological polar surface area (TPSA) is 24.9 Å². The van der Waals surface area contributed by atoms with Gasteiger partial charge in [-0.05, 0) is 18.6 Å². The van der Waals surface area contributed by atoms with E-state index in [9.17, 15) is 0 Å². The summed E-state index contributed by atoms with van der Waals surface area (Å²) in [5.41, 5.74) is 1.13. The predicted octanol–water partition coefficient (Wildman–Crippen LogP) is 1.96. The number of halogens is 1. The van der Waals surface area contributed by atoms with Crippen LogP contribution in [0.4, 0.5) is 5.82 Å². The highest BCUT2D eigenvalue weighted by Gasteiger charge is 1.86. The first-order valence-corrected chi connectivity index (χ1v) is 3.00. The van der Waals surface area contributed by atoms with Crippen LogP contribution in [0.15, 0.2) is 18.3 Å². The van der Waals surface area contributed by atoms with Crippen LogP contribution in [0.2, 0.25) is 0 Å². The standard InChI is InChI=1S/C6H7ClN2/c1-5-2-3-6(9-7)8-4-5/h2-4H,1H3,(H,8,9). The number of hydrogen-bond donors (Lipinski definition) is 1. The summed E-state index contributed by atoms with van der Waals surface area (Å²) in [7, 11) is 0. The number of nitrogens with one attached hydrogen (secondary N) is 1. The zero-order valence-corrected chi connectivity index (χ0v) is 5.81. The summed E-state index contributed by atoms with van der Waals surface area (Å²) < 4.78 is 0. The third-order valence-electron chi connectivity index (χ3n) is 1.01. The van der Waals surface area contributed by atoms with Gasteiger partial charge in [-0.2, -0.15) is 0 Å². The van der Waals surface area contributed by atoms with Crippen molar-refractivity contribution in [2.75, 3.05) is 4.84 Å². The van der Waals surface area contributed by atoms with Gasteiger partial charge in [0.1, 0.15) is 5.82 Å². The molecule has 1 aromatic rings. The van der Waals surface area contributed by atoms with Crippen LogP contribution in [0.5, 0.6) is 0 Å². The molecule has 0 aromatic carbocycles. The average molecular weight is 143 g/mol. The second-order valence-electron chi connectivity index (χ2n) is 1.82. The summed E-state index contributed by atoms with van der Waals surface area (Å²) in [5.74, 6) is 0.683. The number of anilines is 1. The van der Waals surface area contributed by atoms with E-state index in [1.807, 2.05) is 19.1 Å². The number of nitrogens with zero attached hydrogens (tertiary/aromatic N) is 1. The maximum Gasteiger partial charge on any atom is 0.140 e. The van der Waals surface area contributed by atoms with Crippen LogP contribution >= 0.6 is 11.8 Å². The minimum atomic E-state index is 0.683. The van der Waals surface area contributed by atoms with Crippen LogP contribution in [0.1, 0.15) is 5.56 Å². The Kier molecular flexibility index (Phi) is 1.90. The SMILES string of the molecule is Cc1ccc(NCl)nc1. The molecule has 0 aliphatic heterocycles. The fraction of sp³-hybridized carbons (Fsp3) is 0.167. The molecule has 0 aliphatic rings. The Bertz CT molecular complexity index is 183. The molecule has 0 fully saturated rings. The van der Waals surface area contributed by atoms with E-state index >= 15 is 0 Å². The fourth-order valence-electron chi connectivity index (χ4n) is 0.524. The molecule has 0 spiro atoms. The fourth-order valence-corrected chi connectivity index (χ4v) is 0.635. The molecule has 3 heteroatoms. The van der Waals surface area contributed by atoms with Crippen molar-refractivity contribution in [2.24, 2.45) is 0 Å². The maximum absolute atomic E-state index is 5.27. The third kappa shape index (κ3) is 1.57. The van der Waals surface area contributed by atoms with Crippen molar-refractivity contribution >= 4 is 17.6 Å². The molecule has 1 aromatic heterocycles. The Morgan fingerprint density at radius 1 is 1.56 bits per heavy atom. The van der Waals surface area contributed by atoms with Gasteiger partial charge in [-0.1, -0.05) is 6.07 Å². The van der Waals surface area contributed by atoms with Gasteiger partial charge in [-0.3, -0.25) is 4.84 Å². The zero-order valence-electron chi connectivity index (χ0n) is 5.06. The van der Waals surface area contributed by atoms with Crippen molar-refractivity contribution in [1.29, 1.82) is 0 Å². The second-order valence-corrected chi connectivity index (χ2v) is 2.00. The van der Waals surface area contributed by atoms with Crippen molar-refractivity contribution in [3.63, 3.8) is 0 Å². The van der Waals surface area contributed by atoms with Gasteiger partial charge in [0.2, 0.25) is 0 Å². The van der Waals surface area contributed by atoms with Crippen LogP contribution in [0.25, 0.3) is 0 Å². The molecule has 0 aliphatic carbocycles. The first kappa shape index (κ1) is 6.36. The Hall–Kier alpha value is -0.760. The van der Waals surface area contributed by atoms with Crippen molar-refractivity contribution in [3.8, 4) is 0 Å². The van der Waals surface area contributed by atoms with E-state index in [4.69, 9.17) is 11.8 Å². The lowest BCUT2D eigenvalue weighted by molar-refractivity contribution is 1.28. The van der Waals surface area contributed by atoms with Crippen LogP contribution in [-0.2, 0) is 0 Å². The number of rotatable bonds is 1. The molecule has 0 unspecified atom stereocenters. The summed E-state index contributed by atoms with van der Waals surface area (Å²) >= 11 is 5.27. The Morgan fingerprint density at radius 3 is 2.78 bits per heavy atom. The highest BCUT2D eigenvalue weighted by Crippen LogP contribution is 2.03. The summed E-state index contributed by atoms with van der Waals surface area (Å²) in [6, 6.07) is 3.76. The summed E-state index contributed by atoms with van der Waals surface area (Å²) in [5, 5.41) is 0. The molecule has 48 valence electrons. The van der Waals surface area contributed by atoms with E-state index in [1.54, 1.807) is 6.20 Å². The monoisotopic (exact) mass is 142 g/mol. The number of aryl methyl sites for hydroxylation is 1. The first-order chi connectivity index (χ1) is 4.33. The Balaban J connectivity index is 2.88. The van der Waals surface area contributed by atoms with Gasteiger partial charge < -0.3 is 0 Å². The minimum Gasteiger partial charge on any atom is -0.283 e. The van der Waals surface area contributed by atoms with Crippen LogP contribution in [0, 0.1) is 6.92 Å². The molecule has 0 saturated carbocycles. The zero-order chi connectivity index (χ0) is 6.69. The van der Waals surface area contributed by atoms with Crippen molar-refractivity contribution in [1.82, 2.24) is 4.98 Å². The molecule has 0 atom stereocenters.